The molecule has 0 radical (unpaired) electrons. The fourth-order valence-electron chi connectivity index (χ4n) is 1.86. The van der Waals surface area contributed by atoms with Crippen molar-refractivity contribution in [3.05, 3.63) is 0 Å². The van der Waals surface area contributed by atoms with Crippen LogP contribution in [0.1, 0.15) is 32.6 Å². The summed E-state index contributed by atoms with van der Waals surface area (Å²) >= 11 is 0. The van der Waals surface area contributed by atoms with Crippen molar-refractivity contribution in [2.75, 3.05) is 26.8 Å². The van der Waals surface area contributed by atoms with Crippen LogP contribution < -0.4 is 0 Å². The lowest BCUT2D eigenvalue weighted by Crippen LogP contribution is -2.40. The van der Waals surface area contributed by atoms with Crippen LogP contribution >= 0.6 is 0 Å². The smallest absolute Gasteiger partial charge is 0.409 e. The first-order valence-electron chi connectivity index (χ1n) is 6.18. The Labute approximate surface area is 102 Å². The molecule has 1 aliphatic heterocycles. The minimum Gasteiger partial charge on any atom is -0.465 e. The summed E-state index contributed by atoms with van der Waals surface area (Å²) in [6.07, 6.45) is 2.95. The topological polar surface area (TPSA) is 55.8 Å². The maximum atomic E-state index is 11.7. The van der Waals surface area contributed by atoms with E-state index >= 15 is 0 Å². The van der Waals surface area contributed by atoms with Gasteiger partial charge in [-0.2, -0.15) is 0 Å². The Kier molecular flexibility index (Phi) is 5.80. The average molecular weight is 243 g/mol. The predicted molar refractivity (Wildman–Crippen MR) is 62.6 cm³/mol. The van der Waals surface area contributed by atoms with Gasteiger partial charge in [0.05, 0.1) is 19.6 Å². The molecule has 0 aromatic rings. The van der Waals surface area contributed by atoms with Crippen LogP contribution in [0.25, 0.3) is 0 Å². The van der Waals surface area contributed by atoms with E-state index in [4.69, 9.17) is 4.74 Å². The molecule has 0 aliphatic carbocycles. The number of carbonyl (C=O) groups excluding carboxylic acids is 2. The molecule has 98 valence electrons. The van der Waals surface area contributed by atoms with Crippen LogP contribution in [0.3, 0.4) is 0 Å². The Morgan fingerprint density at radius 3 is 2.47 bits per heavy atom. The van der Waals surface area contributed by atoms with Gasteiger partial charge in [0, 0.05) is 13.1 Å². The number of nitrogens with zero attached hydrogens (tertiary/aromatic N) is 1. The van der Waals surface area contributed by atoms with Gasteiger partial charge in [0.1, 0.15) is 0 Å². The molecular weight excluding hydrogens is 222 g/mol. The molecule has 0 aromatic carbocycles. The highest BCUT2D eigenvalue weighted by Crippen LogP contribution is 2.19. The fourth-order valence-corrected chi connectivity index (χ4v) is 1.86. The number of piperidine rings is 1. The van der Waals surface area contributed by atoms with Crippen LogP contribution in [-0.2, 0) is 14.3 Å². The van der Waals surface area contributed by atoms with Crippen molar-refractivity contribution in [1.29, 1.82) is 0 Å². The maximum Gasteiger partial charge on any atom is 0.409 e. The molecule has 1 heterocycles. The van der Waals surface area contributed by atoms with Crippen LogP contribution in [-0.4, -0.2) is 43.8 Å². The van der Waals surface area contributed by atoms with Crippen LogP contribution in [0.15, 0.2) is 0 Å². The van der Waals surface area contributed by atoms with Crippen molar-refractivity contribution in [2.24, 2.45) is 5.92 Å². The van der Waals surface area contributed by atoms with Gasteiger partial charge in [-0.1, -0.05) is 13.3 Å². The molecule has 1 fully saturated rings. The van der Waals surface area contributed by atoms with Gasteiger partial charge in [-0.05, 0) is 19.3 Å². The van der Waals surface area contributed by atoms with Crippen molar-refractivity contribution < 1.29 is 19.1 Å². The summed E-state index contributed by atoms with van der Waals surface area (Å²) in [7, 11) is 1.37. The number of methoxy groups -OCH3 is 1. The molecule has 0 unspecified atom stereocenters. The van der Waals surface area contributed by atoms with E-state index in [-0.39, 0.29) is 18.0 Å². The molecule has 0 N–H and O–H groups in total. The molecule has 17 heavy (non-hydrogen) atoms. The van der Waals surface area contributed by atoms with Crippen LogP contribution in [0, 0.1) is 5.92 Å². The monoisotopic (exact) mass is 243 g/mol. The number of ether oxygens (including phenoxy) is 2. The molecule has 1 saturated heterocycles. The number of amides is 1. The van der Waals surface area contributed by atoms with Crippen molar-refractivity contribution in [2.45, 2.75) is 32.6 Å². The minimum absolute atomic E-state index is 0.0623. The summed E-state index contributed by atoms with van der Waals surface area (Å²) < 4.78 is 9.81. The van der Waals surface area contributed by atoms with Crippen molar-refractivity contribution >= 4 is 12.1 Å². The number of unbranched alkanes of at least 4 members (excludes halogenated alkanes) is 1. The highest BCUT2D eigenvalue weighted by Gasteiger charge is 2.28. The lowest BCUT2D eigenvalue weighted by atomic mass is 9.97. The van der Waals surface area contributed by atoms with E-state index in [2.05, 4.69) is 11.7 Å². The SMILES string of the molecule is CCCCOC(=O)C1CCN(C(=O)OC)CC1. The third-order valence-electron chi connectivity index (χ3n) is 3.00. The van der Waals surface area contributed by atoms with Crippen molar-refractivity contribution in [1.82, 2.24) is 4.90 Å². The Balaban J connectivity index is 2.26. The number of carbonyl (C=O) groups is 2. The molecule has 1 rings (SSSR count). The van der Waals surface area contributed by atoms with Gasteiger partial charge in [0.2, 0.25) is 0 Å². The summed E-state index contributed by atoms with van der Waals surface area (Å²) in [6.45, 7) is 3.70. The molecule has 0 spiro atoms. The average Bonchev–Trinajstić information content (AvgIpc) is 2.38. The molecule has 0 saturated carbocycles. The molecule has 0 atom stereocenters. The van der Waals surface area contributed by atoms with E-state index in [1.165, 1.54) is 7.11 Å². The van der Waals surface area contributed by atoms with E-state index in [0.717, 1.165) is 12.8 Å². The number of esters is 1. The minimum atomic E-state index is -0.317. The lowest BCUT2D eigenvalue weighted by molar-refractivity contribution is -0.150. The van der Waals surface area contributed by atoms with Crippen LogP contribution in [0.2, 0.25) is 0 Å². The molecule has 1 amide bonds. The quantitative estimate of drug-likeness (QED) is 0.558. The maximum absolute atomic E-state index is 11.7. The molecular formula is C12H21NO4. The second-order valence-corrected chi connectivity index (χ2v) is 4.25. The third-order valence-corrected chi connectivity index (χ3v) is 3.00. The number of likely N-dealkylation sites (tertiary alicyclic amines) is 1. The lowest BCUT2D eigenvalue weighted by Gasteiger charge is -2.29. The summed E-state index contributed by atoms with van der Waals surface area (Å²) in [4.78, 5) is 24.5. The van der Waals surface area contributed by atoms with Gasteiger partial charge in [-0.25, -0.2) is 4.79 Å². The van der Waals surface area contributed by atoms with Gasteiger partial charge < -0.3 is 14.4 Å². The zero-order valence-corrected chi connectivity index (χ0v) is 10.6. The highest BCUT2D eigenvalue weighted by molar-refractivity contribution is 5.73. The fraction of sp³-hybridized carbons (Fsp3) is 0.833. The van der Waals surface area contributed by atoms with E-state index in [1.54, 1.807) is 4.90 Å². The van der Waals surface area contributed by atoms with Crippen LogP contribution in [0.4, 0.5) is 4.79 Å². The van der Waals surface area contributed by atoms with Gasteiger partial charge in [-0.3, -0.25) is 4.79 Å². The zero-order chi connectivity index (χ0) is 12.7. The normalized spacial score (nSPS) is 16.7. The Morgan fingerprint density at radius 2 is 1.94 bits per heavy atom. The largest absolute Gasteiger partial charge is 0.465 e. The first kappa shape index (κ1) is 13.8. The zero-order valence-electron chi connectivity index (χ0n) is 10.6. The second kappa shape index (κ2) is 7.14. The number of hydrogen-bond acceptors (Lipinski definition) is 4. The first-order chi connectivity index (χ1) is 8.19. The van der Waals surface area contributed by atoms with E-state index in [9.17, 15) is 9.59 Å². The van der Waals surface area contributed by atoms with Gasteiger partial charge in [0.25, 0.3) is 0 Å². The highest BCUT2D eigenvalue weighted by atomic mass is 16.5. The first-order valence-corrected chi connectivity index (χ1v) is 6.18. The number of rotatable bonds is 4. The van der Waals surface area contributed by atoms with E-state index in [1.807, 2.05) is 0 Å². The Bertz CT molecular complexity index is 259. The Morgan fingerprint density at radius 1 is 1.29 bits per heavy atom. The summed E-state index contributed by atoms with van der Waals surface area (Å²) in [5.41, 5.74) is 0. The summed E-state index contributed by atoms with van der Waals surface area (Å²) in [6, 6.07) is 0. The van der Waals surface area contributed by atoms with Gasteiger partial charge in [-0.15, -0.1) is 0 Å². The van der Waals surface area contributed by atoms with E-state index in [0.29, 0.717) is 32.5 Å². The van der Waals surface area contributed by atoms with Gasteiger partial charge in [0.15, 0.2) is 0 Å². The molecule has 5 heteroatoms. The van der Waals surface area contributed by atoms with E-state index < -0.39 is 0 Å². The standard InChI is InChI=1S/C12H21NO4/c1-3-4-9-17-11(14)10-5-7-13(8-6-10)12(15)16-2/h10H,3-9H2,1-2H3. The Hall–Kier alpha value is -1.26. The van der Waals surface area contributed by atoms with Gasteiger partial charge >= 0.3 is 12.1 Å². The summed E-state index contributed by atoms with van der Waals surface area (Å²) in [5.74, 6) is -0.185. The molecule has 0 bridgehead atoms. The second-order valence-electron chi connectivity index (χ2n) is 4.25. The molecule has 1 aliphatic rings. The third kappa shape index (κ3) is 4.24. The van der Waals surface area contributed by atoms with Crippen molar-refractivity contribution in [3.63, 3.8) is 0 Å². The molecule has 5 nitrogen and oxygen atoms in total. The predicted octanol–water partition coefficient (Wildman–Crippen LogP) is 1.81. The number of hydrogen-bond donors (Lipinski definition) is 0. The molecule has 0 aromatic heterocycles. The van der Waals surface area contributed by atoms with Crippen molar-refractivity contribution in [3.8, 4) is 0 Å². The summed E-state index contributed by atoms with van der Waals surface area (Å²) in [5, 5.41) is 0. The van der Waals surface area contributed by atoms with Crippen LogP contribution in [0.5, 0.6) is 0 Å².